The molecule has 1 unspecified atom stereocenters. The standard InChI is InChI=1S/C17H18N4O4/c1-10-18-19-16-9-20(14(17(22)23)8-21(10)16)7-13-6-11-5-12(24-2)3-4-15(11)25-13/h3-6,14H,7-9H2,1-2H3,(H,22,23). The number of methoxy groups -OCH3 is 1. The summed E-state index contributed by atoms with van der Waals surface area (Å²) in [6.07, 6.45) is 0. The van der Waals surface area contributed by atoms with E-state index < -0.39 is 12.0 Å². The van der Waals surface area contributed by atoms with E-state index in [-0.39, 0.29) is 0 Å². The summed E-state index contributed by atoms with van der Waals surface area (Å²) in [4.78, 5) is 13.6. The highest BCUT2D eigenvalue weighted by atomic mass is 16.5. The van der Waals surface area contributed by atoms with E-state index in [2.05, 4.69) is 10.2 Å². The van der Waals surface area contributed by atoms with Crippen molar-refractivity contribution in [2.75, 3.05) is 7.11 Å². The number of benzene rings is 1. The van der Waals surface area contributed by atoms with Crippen LogP contribution in [0.4, 0.5) is 0 Å². The topological polar surface area (TPSA) is 93.6 Å². The molecule has 0 bridgehead atoms. The normalized spacial score (nSPS) is 17.6. The number of carbonyl (C=O) groups is 1. The van der Waals surface area contributed by atoms with Crippen molar-refractivity contribution < 1.29 is 19.1 Å². The van der Waals surface area contributed by atoms with Gasteiger partial charge in [0.05, 0.1) is 26.7 Å². The Morgan fingerprint density at radius 3 is 3.00 bits per heavy atom. The van der Waals surface area contributed by atoms with E-state index in [9.17, 15) is 9.90 Å². The number of rotatable bonds is 4. The summed E-state index contributed by atoms with van der Waals surface area (Å²) >= 11 is 0. The Hall–Kier alpha value is -2.87. The zero-order chi connectivity index (χ0) is 17.6. The van der Waals surface area contributed by atoms with Crippen LogP contribution in [0.2, 0.25) is 0 Å². The van der Waals surface area contributed by atoms with Crippen molar-refractivity contribution in [1.29, 1.82) is 0 Å². The van der Waals surface area contributed by atoms with Gasteiger partial charge in [-0.25, -0.2) is 0 Å². The largest absolute Gasteiger partial charge is 0.497 e. The molecule has 3 heterocycles. The second-order valence-corrected chi connectivity index (χ2v) is 6.15. The van der Waals surface area contributed by atoms with Gasteiger partial charge in [0.2, 0.25) is 0 Å². The number of aliphatic carboxylic acids is 1. The van der Waals surface area contributed by atoms with E-state index in [0.29, 0.717) is 25.4 Å². The lowest BCUT2D eigenvalue weighted by atomic mass is 10.1. The number of carboxylic acids is 1. The fourth-order valence-electron chi connectivity index (χ4n) is 3.24. The van der Waals surface area contributed by atoms with E-state index in [1.807, 2.05) is 40.7 Å². The Kier molecular flexibility index (Phi) is 3.69. The van der Waals surface area contributed by atoms with Gasteiger partial charge in [0.15, 0.2) is 0 Å². The smallest absolute Gasteiger partial charge is 0.322 e. The van der Waals surface area contributed by atoms with Gasteiger partial charge >= 0.3 is 5.97 Å². The first-order chi connectivity index (χ1) is 12.0. The van der Waals surface area contributed by atoms with Gasteiger partial charge in [-0.2, -0.15) is 0 Å². The van der Waals surface area contributed by atoms with Crippen molar-refractivity contribution in [3.05, 3.63) is 41.7 Å². The highest BCUT2D eigenvalue weighted by Crippen LogP contribution is 2.27. The average Bonchev–Trinajstić information content (AvgIpc) is 3.16. The molecule has 1 atom stereocenters. The van der Waals surface area contributed by atoms with Gasteiger partial charge in [-0.3, -0.25) is 9.69 Å². The van der Waals surface area contributed by atoms with Crippen LogP contribution in [0.5, 0.6) is 5.75 Å². The molecule has 0 radical (unpaired) electrons. The van der Waals surface area contributed by atoms with Crippen molar-refractivity contribution in [3.63, 3.8) is 0 Å². The van der Waals surface area contributed by atoms with Crippen LogP contribution in [0, 0.1) is 6.92 Å². The van der Waals surface area contributed by atoms with Gasteiger partial charge in [0.1, 0.15) is 34.8 Å². The number of furan rings is 1. The maximum absolute atomic E-state index is 11.7. The first kappa shape index (κ1) is 15.6. The van der Waals surface area contributed by atoms with Gasteiger partial charge in [-0.15, -0.1) is 10.2 Å². The number of aromatic nitrogens is 3. The summed E-state index contributed by atoms with van der Waals surface area (Å²) in [6, 6.07) is 6.85. The molecule has 0 spiro atoms. The molecular formula is C17H18N4O4. The molecule has 130 valence electrons. The Morgan fingerprint density at radius 2 is 2.24 bits per heavy atom. The fourth-order valence-corrected chi connectivity index (χ4v) is 3.24. The minimum absolute atomic E-state index is 0.331. The summed E-state index contributed by atoms with van der Waals surface area (Å²) < 4.78 is 12.9. The predicted molar refractivity (Wildman–Crippen MR) is 88.2 cm³/mol. The maximum Gasteiger partial charge on any atom is 0.322 e. The van der Waals surface area contributed by atoms with Crippen LogP contribution < -0.4 is 4.74 Å². The van der Waals surface area contributed by atoms with Crippen molar-refractivity contribution in [2.24, 2.45) is 0 Å². The van der Waals surface area contributed by atoms with Crippen LogP contribution in [0.1, 0.15) is 17.4 Å². The number of fused-ring (bicyclic) bond motifs is 2. The Labute approximate surface area is 143 Å². The molecule has 8 nitrogen and oxygen atoms in total. The highest BCUT2D eigenvalue weighted by Gasteiger charge is 2.33. The van der Waals surface area contributed by atoms with E-state index in [0.717, 1.165) is 28.4 Å². The molecule has 1 aromatic carbocycles. The van der Waals surface area contributed by atoms with Crippen molar-refractivity contribution in [2.45, 2.75) is 32.6 Å². The van der Waals surface area contributed by atoms with Crippen LogP contribution >= 0.6 is 0 Å². The molecule has 0 saturated heterocycles. The number of hydrogen-bond donors (Lipinski definition) is 1. The lowest BCUT2D eigenvalue weighted by molar-refractivity contribution is -0.145. The number of aryl methyl sites for hydroxylation is 1. The third kappa shape index (κ3) is 2.74. The van der Waals surface area contributed by atoms with Crippen LogP contribution in [0.15, 0.2) is 28.7 Å². The van der Waals surface area contributed by atoms with Crippen LogP contribution in [0.3, 0.4) is 0 Å². The van der Waals surface area contributed by atoms with Gasteiger partial charge in [-0.1, -0.05) is 0 Å². The number of ether oxygens (including phenoxy) is 1. The molecule has 1 N–H and O–H groups in total. The summed E-state index contributed by atoms with van der Waals surface area (Å²) in [5, 5.41) is 18.7. The zero-order valence-corrected chi connectivity index (χ0v) is 14.0. The van der Waals surface area contributed by atoms with E-state index >= 15 is 0 Å². The summed E-state index contributed by atoms with van der Waals surface area (Å²) in [5.74, 6) is 2.10. The van der Waals surface area contributed by atoms with Crippen LogP contribution in [-0.4, -0.2) is 43.9 Å². The first-order valence-electron chi connectivity index (χ1n) is 7.97. The van der Waals surface area contributed by atoms with Crippen LogP contribution in [-0.2, 0) is 24.4 Å². The Balaban J connectivity index is 1.63. The van der Waals surface area contributed by atoms with Crippen LogP contribution in [0.25, 0.3) is 11.0 Å². The van der Waals surface area contributed by atoms with Gasteiger partial charge in [0.25, 0.3) is 0 Å². The number of nitrogens with zero attached hydrogens (tertiary/aromatic N) is 4. The molecule has 3 aromatic rings. The third-order valence-corrected chi connectivity index (χ3v) is 4.57. The maximum atomic E-state index is 11.7. The quantitative estimate of drug-likeness (QED) is 0.773. The summed E-state index contributed by atoms with van der Waals surface area (Å²) in [5.41, 5.74) is 0.749. The molecule has 25 heavy (non-hydrogen) atoms. The van der Waals surface area contributed by atoms with E-state index in [4.69, 9.17) is 9.15 Å². The summed E-state index contributed by atoms with van der Waals surface area (Å²) in [7, 11) is 1.62. The predicted octanol–water partition coefficient (Wildman–Crippen LogP) is 1.81. The minimum Gasteiger partial charge on any atom is -0.497 e. The fraction of sp³-hybridized carbons (Fsp3) is 0.353. The van der Waals surface area contributed by atoms with E-state index in [1.165, 1.54) is 0 Å². The molecule has 2 aromatic heterocycles. The monoisotopic (exact) mass is 342 g/mol. The van der Waals surface area contributed by atoms with Gasteiger partial charge in [-0.05, 0) is 31.2 Å². The molecule has 1 aliphatic rings. The molecule has 1 aliphatic heterocycles. The Bertz CT molecular complexity index is 945. The summed E-state index contributed by atoms with van der Waals surface area (Å²) in [6.45, 7) is 2.97. The number of carboxylic acid groups (broad SMARTS) is 1. The average molecular weight is 342 g/mol. The first-order valence-corrected chi connectivity index (χ1v) is 7.97. The molecule has 4 rings (SSSR count). The molecule has 0 amide bonds. The second kappa shape index (κ2) is 5.89. The lowest BCUT2D eigenvalue weighted by Crippen LogP contribution is -2.47. The SMILES string of the molecule is COc1ccc2oc(CN3Cc4nnc(C)n4CC3C(=O)O)cc2c1. The molecule has 0 saturated carbocycles. The molecule has 0 fully saturated rings. The van der Waals surface area contributed by atoms with Crippen molar-refractivity contribution in [3.8, 4) is 5.75 Å². The van der Waals surface area contributed by atoms with Gasteiger partial charge < -0.3 is 18.8 Å². The van der Waals surface area contributed by atoms with E-state index in [1.54, 1.807) is 7.11 Å². The highest BCUT2D eigenvalue weighted by molar-refractivity contribution is 5.79. The molecular weight excluding hydrogens is 324 g/mol. The van der Waals surface area contributed by atoms with Crippen molar-refractivity contribution in [1.82, 2.24) is 19.7 Å². The number of hydrogen-bond acceptors (Lipinski definition) is 6. The molecule has 0 aliphatic carbocycles. The van der Waals surface area contributed by atoms with Crippen molar-refractivity contribution >= 4 is 16.9 Å². The third-order valence-electron chi connectivity index (χ3n) is 4.57. The van der Waals surface area contributed by atoms with Gasteiger partial charge in [0, 0.05) is 5.39 Å². The lowest BCUT2D eigenvalue weighted by Gasteiger charge is -2.32. The Morgan fingerprint density at radius 1 is 1.40 bits per heavy atom. The second-order valence-electron chi connectivity index (χ2n) is 6.15. The minimum atomic E-state index is -0.864. The molecule has 8 heteroatoms. The zero-order valence-electron chi connectivity index (χ0n) is 14.0.